The van der Waals surface area contributed by atoms with Gasteiger partial charge in [0.15, 0.2) is 0 Å². The molecule has 0 unspecified atom stereocenters. The van der Waals surface area contributed by atoms with Crippen molar-refractivity contribution in [3.8, 4) is 5.75 Å². The lowest BCUT2D eigenvalue weighted by Crippen LogP contribution is -2.29. The molecule has 0 spiro atoms. The molecule has 0 atom stereocenters. The molecule has 0 aliphatic heterocycles. The summed E-state index contributed by atoms with van der Waals surface area (Å²) in [6, 6.07) is 5.49. The van der Waals surface area contributed by atoms with E-state index in [2.05, 4.69) is 0 Å². The molecule has 0 heterocycles. The Balaban J connectivity index is 2.37. The third kappa shape index (κ3) is 2.00. The molecule has 3 nitrogen and oxygen atoms in total. The normalized spacial score (nSPS) is 19.4. The molecule has 1 aliphatic carbocycles. The number of nitrogen functional groups attached to an aromatic ring is 1. The Bertz CT molecular complexity index is 370. The average Bonchev–Trinajstić information content (AvgIpc) is 2.30. The van der Waals surface area contributed by atoms with Gasteiger partial charge in [-0.1, -0.05) is 19.3 Å². The molecular formula is C13H19NO2. The van der Waals surface area contributed by atoms with Crippen LogP contribution >= 0.6 is 0 Å². The summed E-state index contributed by atoms with van der Waals surface area (Å²) < 4.78 is 5.18. The molecule has 1 fully saturated rings. The van der Waals surface area contributed by atoms with E-state index in [-0.39, 0.29) is 0 Å². The number of benzene rings is 1. The van der Waals surface area contributed by atoms with Crippen LogP contribution in [0.25, 0.3) is 0 Å². The summed E-state index contributed by atoms with van der Waals surface area (Å²) in [5.41, 5.74) is 6.67. The van der Waals surface area contributed by atoms with Crippen molar-refractivity contribution in [3.05, 3.63) is 23.8 Å². The third-order valence-electron chi connectivity index (χ3n) is 3.44. The maximum Gasteiger partial charge on any atom is 0.119 e. The summed E-state index contributed by atoms with van der Waals surface area (Å²) in [6.45, 7) is 0. The highest BCUT2D eigenvalue weighted by Crippen LogP contribution is 2.40. The lowest BCUT2D eigenvalue weighted by Gasteiger charge is -2.33. The fourth-order valence-electron chi connectivity index (χ4n) is 2.47. The molecular weight excluding hydrogens is 202 g/mol. The van der Waals surface area contributed by atoms with Crippen molar-refractivity contribution < 1.29 is 9.84 Å². The van der Waals surface area contributed by atoms with Crippen molar-refractivity contribution in [1.82, 2.24) is 0 Å². The van der Waals surface area contributed by atoms with Gasteiger partial charge < -0.3 is 15.6 Å². The van der Waals surface area contributed by atoms with Gasteiger partial charge in [-0.05, 0) is 31.0 Å². The quantitative estimate of drug-likeness (QED) is 0.754. The number of anilines is 1. The van der Waals surface area contributed by atoms with Gasteiger partial charge in [-0.2, -0.15) is 0 Å². The average molecular weight is 221 g/mol. The minimum atomic E-state index is -0.753. The summed E-state index contributed by atoms with van der Waals surface area (Å²) in [4.78, 5) is 0. The standard InChI is InChI=1S/C13H19NO2/c1-16-10-5-6-12(14)11(9-10)13(15)7-3-2-4-8-13/h5-6,9,15H,2-4,7-8,14H2,1H3. The second-order valence-electron chi connectivity index (χ2n) is 4.55. The largest absolute Gasteiger partial charge is 0.497 e. The molecule has 1 aliphatic rings. The van der Waals surface area contributed by atoms with E-state index in [1.807, 2.05) is 12.1 Å². The highest BCUT2D eigenvalue weighted by Gasteiger charge is 2.33. The van der Waals surface area contributed by atoms with Gasteiger partial charge in [0.1, 0.15) is 5.75 Å². The Hall–Kier alpha value is -1.22. The summed E-state index contributed by atoms with van der Waals surface area (Å²) in [6.07, 6.45) is 4.92. The van der Waals surface area contributed by atoms with Crippen LogP contribution in [0.4, 0.5) is 5.69 Å². The Labute approximate surface area is 96.2 Å². The Morgan fingerprint density at radius 2 is 1.94 bits per heavy atom. The number of hydrogen-bond donors (Lipinski definition) is 2. The van der Waals surface area contributed by atoms with Crippen LogP contribution in [0.5, 0.6) is 5.75 Å². The molecule has 1 aromatic carbocycles. The van der Waals surface area contributed by atoms with Gasteiger partial charge >= 0.3 is 0 Å². The Morgan fingerprint density at radius 1 is 1.25 bits per heavy atom. The lowest BCUT2D eigenvalue weighted by atomic mass is 9.79. The van der Waals surface area contributed by atoms with Gasteiger partial charge in [0, 0.05) is 11.3 Å². The van der Waals surface area contributed by atoms with Crippen molar-refractivity contribution in [3.63, 3.8) is 0 Å². The first-order valence-corrected chi connectivity index (χ1v) is 5.82. The van der Waals surface area contributed by atoms with Gasteiger partial charge in [0.2, 0.25) is 0 Å². The maximum absolute atomic E-state index is 10.6. The predicted molar refractivity (Wildman–Crippen MR) is 64.4 cm³/mol. The van der Waals surface area contributed by atoms with E-state index >= 15 is 0 Å². The first kappa shape index (κ1) is 11.3. The molecule has 0 aromatic heterocycles. The zero-order valence-corrected chi connectivity index (χ0v) is 9.70. The molecule has 1 saturated carbocycles. The molecule has 0 amide bonds. The number of rotatable bonds is 2. The van der Waals surface area contributed by atoms with E-state index in [1.54, 1.807) is 13.2 Å². The summed E-state index contributed by atoms with van der Waals surface area (Å²) in [5.74, 6) is 0.753. The SMILES string of the molecule is COc1ccc(N)c(C2(O)CCCCC2)c1. The lowest BCUT2D eigenvalue weighted by molar-refractivity contribution is -0.0000778. The molecule has 88 valence electrons. The zero-order valence-electron chi connectivity index (χ0n) is 9.70. The van der Waals surface area contributed by atoms with E-state index in [0.717, 1.165) is 37.0 Å². The van der Waals surface area contributed by atoms with Crippen molar-refractivity contribution in [2.24, 2.45) is 0 Å². The van der Waals surface area contributed by atoms with Crippen LogP contribution in [0.3, 0.4) is 0 Å². The van der Waals surface area contributed by atoms with Crippen LogP contribution in [0.2, 0.25) is 0 Å². The molecule has 2 rings (SSSR count). The predicted octanol–water partition coefficient (Wildman–Crippen LogP) is 2.43. The molecule has 0 bridgehead atoms. The summed E-state index contributed by atoms with van der Waals surface area (Å²) >= 11 is 0. The Kier molecular flexibility index (Phi) is 3.06. The van der Waals surface area contributed by atoms with Gasteiger partial charge in [-0.25, -0.2) is 0 Å². The summed E-state index contributed by atoms with van der Waals surface area (Å²) in [7, 11) is 1.63. The van der Waals surface area contributed by atoms with Crippen molar-refractivity contribution >= 4 is 5.69 Å². The van der Waals surface area contributed by atoms with E-state index in [9.17, 15) is 5.11 Å². The van der Waals surface area contributed by atoms with E-state index in [1.165, 1.54) is 6.42 Å². The fourth-order valence-corrected chi connectivity index (χ4v) is 2.47. The number of ether oxygens (including phenoxy) is 1. The van der Waals surface area contributed by atoms with Gasteiger partial charge in [0.05, 0.1) is 12.7 Å². The number of hydrogen-bond acceptors (Lipinski definition) is 3. The third-order valence-corrected chi connectivity index (χ3v) is 3.44. The van der Waals surface area contributed by atoms with Crippen LogP contribution in [-0.2, 0) is 5.60 Å². The maximum atomic E-state index is 10.6. The zero-order chi connectivity index (χ0) is 11.6. The van der Waals surface area contributed by atoms with Gasteiger partial charge in [-0.3, -0.25) is 0 Å². The Morgan fingerprint density at radius 3 is 2.56 bits per heavy atom. The molecule has 1 aromatic rings. The number of aliphatic hydroxyl groups is 1. The molecule has 0 radical (unpaired) electrons. The van der Waals surface area contributed by atoms with Gasteiger partial charge in [0.25, 0.3) is 0 Å². The van der Waals surface area contributed by atoms with Crippen LogP contribution in [0.15, 0.2) is 18.2 Å². The molecule has 0 saturated heterocycles. The fraction of sp³-hybridized carbons (Fsp3) is 0.538. The monoisotopic (exact) mass is 221 g/mol. The number of methoxy groups -OCH3 is 1. The van der Waals surface area contributed by atoms with Gasteiger partial charge in [-0.15, -0.1) is 0 Å². The minimum Gasteiger partial charge on any atom is -0.497 e. The smallest absolute Gasteiger partial charge is 0.119 e. The highest BCUT2D eigenvalue weighted by atomic mass is 16.5. The van der Waals surface area contributed by atoms with Crippen molar-refractivity contribution in [1.29, 1.82) is 0 Å². The van der Waals surface area contributed by atoms with Crippen LogP contribution in [0.1, 0.15) is 37.7 Å². The first-order chi connectivity index (χ1) is 7.65. The van der Waals surface area contributed by atoms with Crippen LogP contribution < -0.4 is 10.5 Å². The highest BCUT2D eigenvalue weighted by molar-refractivity contribution is 5.53. The topological polar surface area (TPSA) is 55.5 Å². The second kappa shape index (κ2) is 4.34. The minimum absolute atomic E-state index is 0.658. The first-order valence-electron chi connectivity index (χ1n) is 5.82. The van der Waals surface area contributed by atoms with E-state index < -0.39 is 5.60 Å². The van der Waals surface area contributed by atoms with Crippen molar-refractivity contribution in [2.45, 2.75) is 37.7 Å². The van der Waals surface area contributed by atoms with Crippen LogP contribution in [0, 0.1) is 0 Å². The molecule has 3 heteroatoms. The molecule has 16 heavy (non-hydrogen) atoms. The van der Waals surface area contributed by atoms with E-state index in [4.69, 9.17) is 10.5 Å². The van der Waals surface area contributed by atoms with Crippen molar-refractivity contribution in [2.75, 3.05) is 12.8 Å². The van der Waals surface area contributed by atoms with E-state index in [0.29, 0.717) is 5.69 Å². The molecule has 3 N–H and O–H groups in total. The number of nitrogens with two attached hydrogens (primary N) is 1. The second-order valence-corrected chi connectivity index (χ2v) is 4.55. The van der Waals surface area contributed by atoms with Crippen LogP contribution in [-0.4, -0.2) is 12.2 Å². The summed E-state index contributed by atoms with van der Waals surface area (Å²) in [5, 5.41) is 10.6.